The summed E-state index contributed by atoms with van der Waals surface area (Å²) in [5.41, 5.74) is 0. The van der Waals surface area contributed by atoms with E-state index in [1.807, 2.05) is 0 Å². The summed E-state index contributed by atoms with van der Waals surface area (Å²) in [5.74, 6) is 0. The van der Waals surface area contributed by atoms with Crippen LogP contribution in [0.4, 0.5) is 0 Å². The summed E-state index contributed by atoms with van der Waals surface area (Å²) >= 11 is 0. The molecule has 0 aliphatic rings. The molecule has 0 bridgehead atoms. The van der Waals surface area contributed by atoms with Gasteiger partial charge in [-0.05, 0) is 6.08 Å². The molecule has 2 N–H and O–H groups in total. The monoisotopic (exact) mass is 135 g/mol. The molecule has 46 valence electrons. The van der Waals surface area contributed by atoms with Crippen LogP contribution >= 0.6 is 7.80 Å². The van der Waals surface area contributed by atoms with E-state index in [2.05, 4.69) is 6.58 Å². The van der Waals surface area contributed by atoms with Crippen LogP contribution in [-0.2, 0) is 4.57 Å². The fraction of sp³-hybridized carbons (Fsp3) is 0.500. The summed E-state index contributed by atoms with van der Waals surface area (Å²) in [6.45, 7) is 3.28. The van der Waals surface area contributed by atoms with Crippen LogP contribution in [-0.4, -0.2) is 22.4 Å². The average Bonchev–Trinajstić information content (AvgIpc) is 1.67. The van der Waals surface area contributed by atoms with Crippen molar-refractivity contribution in [1.29, 1.82) is 0 Å². The maximum Gasteiger partial charge on any atom is 0.404 e. The van der Waals surface area contributed by atoms with Crippen LogP contribution in [0.1, 0.15) is 0 Å². The van der Waals surface area contributed by atoms with Gasteiger partial charge in [-0.25, -0.2) is 0 Å². The van der Waals surface area contributed by atoms with Crippen molar-refractivity contribution >= 4 is 7.80 Å². The van der Waals surface area contributed by atoms with Gasteiger partial charge in [0.1, 0.15) is 0 Å². The predicted octanol–water partition coefficient (Wildman–Crippen LogP) is 0.268. The van der Waals surface area contributed by atoms with E-state index < -0.39 is 13.8 Å². The summed E-state index contributed by atoms with van der Waals surface area (Å²) < 4.78 is 10.3. The third-order valence-electron chi connectivity index (χ3n) is 0.567. The Hall–Kier alpha value is -0.240. The maximum atomic E-state index is 10.3. The zero-order chi connectivity index (χ0) is 6.57. The molecule has 0 spiro atoms. The molecule has 0 aromatic heterocycles. The van der Waals surface area contributed by atoms with Gasteiger partial charge in [-0.1, -0.05) is 11.1 Å². The van der Waals surface area contributed by atoms with Gasteiger partial charge >= 0.3 is 13.8 Å². The molecule has 0 fully saturated rings. The van der Waals surface area contributed by atoms with Gasteiger partial charge in [-0.3, -0.25) is 0 Å². The van der Waals surface area contributed by atoms with Crippen molar-refractivity contribution in [3.63, 3.8) is 0 Å². The van der Waals surface area contributed by atoms with E-state index in [9.17, 15) is 4.57 Å². The van der Waals surface area contributed by atoms with Gasteiger partial charge in [-0.2, -0.15) is 0 Å². The first-order valence-corrected chi connectivity index (χ1v) is 3.60. The molecule has 0 amide bonds. The Morgan fingerprint density at radius 2 is 2.25 bits per heavy atom. The molecule has 4 heteroatoms. The molecule has 0 aliphatic heterocycles. The highest BCUT2D eigenvalue weighted by molar-refractivity contribution is 7.45. The number of rotatable bonds is 3. The van der Waals surface area contributed by atoms with E-state index in [1.165, 1.54) is 6.08 Å². The van der Waals surface area contributed by atoms with Crippen LogP contribution < -0.4 is 0 Å². The van der Waals surface area contributed by atoms with E-state index in [4.69, 9.17) is 10.2 Å². The van der Waals surface area contributed by atoms with Crippen LogP contribution in [0, 0.1) is 0 Å². The van der Waals surface area contributed by atoms with Crippen LogP contribution in [0.25, 0.3) is 0 Å². The fourth-order valence-electron chi connectivity index (χ4n) is 0.222. The lowest BCUT2D eigenvalue weighted by atomic mass is 10.8. The van der Waals surface area contributed by atoms with Crippen molar-refractivity contribution in [3.8, 4) is 0 Å². The van der Waals surface area contributed by atoms with E-state index in [1.54, 1.807) is 0 Å². The Morgan fingerprint density at radius 1 is 1.75 bits per heavy atom. The predicted molar refractivity (Wildman–Crippen MR) is 30.9 cm³/mol. The van der Waals surface area contributed by atoms with Gasteiger partial charge in [0.05, 0.1) is 0 Å². The molecule has 0 aromatic carbocycles. The van der Waals surface area contributed by atoms with Crippen molar-refractivity contribution in [3.05, 3.63) is 12.7 Å². The van der Waals surface area contributed by atoms with Crippen LogP contribution in [0.3, 0.4) is 0 Å². The zero-order valence-corrected chi connectivity index (χ0v) is 5.21. The summed E-state index contributed by atoms with van der Waals surface area (Å²) in [6.07, 6.45) is 1.55. The van der Waals surface area contributed by atoms with Crippen molar-refractivity contribution in [1.82, 2.24) is 0 Å². The van der Waals surface area contributed by atoms with E-state index >= 15 is 0 Å². The van der Waals surface area contributed by atoms with E-state index in [0.717, 1.165) is 0 Å². The Bertz CT molecular complexity index is 99.5. The molecule has 0 saturated heterocycles. The standard InChI is InChI=1S/C4H8O3P/c1-2-3-8(7)4(5)6/h2,4-6H,1,3H2/q+1. The molecule has 0 rings (SSSR count). The van der Waals surface area contributed by atoms with Crippen molar-refractivity contribution in [2.45, 2.75) is 6.03 Å². The van der Waals surface area contributed by atoms with Crippen molar-refractivity contribution in [2.24, 2.45) is 0 Å². The largest absolute Gasteiger partial charge is 0.404 e. The minimum atomic E-state index is -1.90. The second-order valence-corrected chi connectivity index (χ2v) is 2.90. The molecule has 0 heterocycles. The molecular formula is C4H8O3P+. The van der Waals surface area contributed by atoms with Crippen molar-refractivity contribution in [2.75, 3.05) is 6.16 Å². The number of aliphatic hydroxyl groups is 2. The third kappa shape index (κ3) is 2.86. The highest BCUT2D eigenvalue weighted by Gasteiger charge is 2.21. The first-order chi connectivity index (χ1) is 3.68. The van der Waals surface area contributed by atoms with Gasteiger partial charge in [-0.15, -0.1) is 0 Å². The topological polar surface area (TPSA) is 57.5 Å². The lowest BCUT2D eigenvalue weighted by Gasteiger charge is -1.82. The maximum absolute atomic E-state index is 10.3. The highest BCUT2D eigenvalue weighted by atomic mass is 31.1. The minimum absolute atomic E-state index is 0.160. The number of hydrogen-bond donors (Lipinski definition) is 2. The van der Waals surface area contributed by atoms with Gasteiger partial charge in [0.25, 0.3) is 0 Å². The van der Waals surface area contributed by atoms with E-state index in [0.29, 0.717) is 0 Å². The van der Waals surface area contributed by atoms with Crippen LogP contribution in [0.15, 0.2) is 12.7 Å². The summed E-state index contributed by atoms with van der Waals surface area (Å²) in [6, 6.07) is -1.69. The number of allylic oxidation sites excluding steroid dienone is 1. The Labute approximate surface area is 48.4 Å². The lowest BCUT2D eigenvalue weighted by Crippen LogP contribution is -1.97. The minimum Gasteiger partial charge on any atom is -0.329 e. The van der Waals surface area contributed by atoms with Gasteiger partial charge in [0.2, 0.25) is 0 Å². The molecule has 0 aromatic rings. The Balaban J connectivity index is 3.48. The fourth-order valence-corrected chi connectivity index (χ4v) is 0.665. The summed E-state index contributed by atoms with van der Waals surface area (Å²) in [7, 11) is -1.90. The summed E-state index contributed by atoms with van der Waals surface area (Å²) in [4.78, 5) is 0. The molecule has 1 unspecified atom stereocenters. The molecule has 3 nitrogen and oxygen atoms in total. The van der Waals surface area contributed by atoms with Gasteiger partial charge < -0.3 is 10.2 Å². The lowest BCUT2D eigenvalue weighted by molar-refractivity contribution is 0.0323. The quantitative estimate of drug-likeness (QED) is 0.331. The van der Waals surface area contributed by atoms with Gasteiger partial charge in [0, 0.05) is 0 Å². The highest BCUT2D eigenvalue weighted by Crippen LogP contribution is 2.22. The van der Waals surface area contributed by atoms with Crippen LogP contribution in [0.5, 0.6) is 0 Å². The zero-order valence-electron chi connectivity index (χ0n) is 4.32. The molecule has 0 saturated carbocycles. The SMILES string of the molecule is C=CC[P+](=O)C(O)O. The Kier molecular flexibility index (Phi) is 3.61. The second-order valence-electron chi connectivity index (χ2n) is 1.23. The van der Waals surface area contributed by atoms with Gasteiger partial charge in [0.15, 0.2) is 6.16 Å². The van der Waals surface area contributed by atoms with Crippen molar-refractivity contribution < 1.29 is 14.8 Å². The molecule has 0 aliphatic carbocycles. The summed E-state index contributed by atoms with van der Waals surface area (Å²) in [5, 5.41) is 16.4. The third-order valence-corrected chi connectivity index (χ3v) is 1.70. The first kappa shape index (κ1) is 7.76. The Morgan fingerprint density at radius 3 is 2.38 bits per heavy atom. The normalized spacial score (nSPS) is 11.6. The molecule has 0 radical (unpaired) electrons. The number of aliphatic hydroxyl groups excluding tert-OH is 1. The second kappa shape index (κ2) is 3.72. The van der Waals surface area contributed by atoms with E-state index in [-0.39, 0.29) is 6.16 Å². The smallest absolute Gasteiger partial charge is 0.329 e. The van der Waals surface area contributed by atoms with Crippen LogP contribution in [0.2, 0.25) is 0 Å². The first-order valence-electron chi connectivity index (χ1n) is 2.09. The molecule has 1 atom stereocenters. The average molecular weight is 135 g/mol. The molecule has 8 heavy (non-hydrogen) atoms. The molecular weight excluding hydrogens is 127 g/mol. The number of hydrogen-bond acceptors (Lipinski definition) is 3.